The second-order valence-electron chi connectivity index (χ2n) is 19.1. The van der Waals surface area contributed by atoms with Crippen molar-refractivity contribution in [1.82, 2.24) is 33.3 Å². The Kier molecular flexibility index (Phi) is 12.1. The molecule has 0 aliphatic carbocycles. The molecule has 14 nitrogen and oxygen atoms in total. The van der Waals surface area contributed by atoms with E-state index in [0.29, 0.717) is 56.8 Å². The van der Waals surface area contributed by atoms with Crippen LogP contribution in [0.3, 0.4) is 0 Å². The Labute approximate surface area is 344 Å². The highest BCUT2D eigenvalue weighted by atomic mass is 32.2. The maximum absolute atomic E-state index is 14.5. The summed E-state index contributed by atoms with van der Waals surface area (Å²) in [7, 11) is -3.57. The molecule has 58 heavy (non-hydrogen) atoms. The zero-order valence-corrected chi connectivity index (χ0v) is 36.3. The number of hydrogen-bond donors (Lipinski definition) is 0. The van der Waals surface area contributed by atoms with Crippen molar-refractivity contribution < 1.29 is 31.9 Å². The minimum atomic E-state index is -3.57. The van der Waals surface area contributed by atoms with E-state index in [0.717, 1.165) is 71.2 Å². The molecule has 0 saturated carbocycles. The molecule has 2 amide bonds. The molecule has 5 aliphatic rings. The fraction of sp³-hybridized carbons (Fsp3) is 0.714. The van der Waals surface area contributed by atoms with Gasteiger partial charge in [0.2, 0.25) is 0 Å². The molecule has 5 aliphatic heterocycles. The molecule has 1 aromatic heterocycles. The van der Waals surface area contributed by atoms with Crippen molar-refractivity contribution in [3.63, 3.8) is 0 Å². The van der Waals surface area contributed by atoms with Crippen LogP contribution >= 0.6 is 0 Å². The predicted molar refractivity (Wildman–Crippen MR) is 220 cm³/mol. The molecule has 0 radical (unpaired) electrons. The standard InChI is InChI=1S/C42H63FN8O6S/c1-30(2)51(31(3)4)38(52)34-21-33(43)9-10-35(34)56-36-22-44-29-45-37(36)47-24-41(25-47)14-19-46(20-15-41)23-32-11-17-49(18-12-32)58(54,55)50-16-8-13-42(28-50)26-48(27-42)39(53)57-40(5,6)7/h9-10,21-22,29-32H,8,11-20,23-28H2,1-7H3. The lowest BCUT2D eigenvalue weighted by Gasteiger charge is -2.55. The number of ether oxygens (including phenoxy) is 2. The minimum Gasteiger partial charge on any atom is -0.451 e. The summed E-state index contributed by atoms with van der Waals surface area (Å²) in [5, 5.41) is 0. The molecule has 16 heteroatoms. The number of carbonyl (C=O) groups is 2. The molecule has 5 saturated heterocycles. The number of piperidine rings is 3. The van der Waals surface area contributed by atoms with E-state index in [1.54, 1.807) is 24.6 Å². The smallest absolute Gasteiger partial charge is 0.410 e. The molecule has 5 fully saturated rings. The third-order valence-electron chi connectivity index (χ3n) is 12.7. The number of halogens is 1. The first-order chi connectivity index (χ1) is 27.4. The van der Waals surface area contributed by atoms with Gasteiger partial charge in [0.1, 0.15) is 23.5 Å². The summed E-state index contributed by atoms with van der Waals surface area (Å²) < 4.78 is 57.3. The third-order valence-corrected chi connectivity index (χ3v) is 14.7. The number of nitrogens with zero attached hydrogens (tertiary/aromatic N) is 8. The third kappa shape index (κ3) is 9.09. The number of hydrogen-bond acceptors (Lipinski definition) is 10. The van der Waals surface area contributed by atoms with Crippen LogP contribution in [0.1, 0.15) is 97.3 Å². The first kappa shape index (κ1) is 42.5. The van der Waals surface area contributed by atoms with Crippen LogP contribution in [0.15, 0.2) is 30.7 Å². The second kappa shape index (κ2) is 16.5. The van der Waals surface area contributed by atoms with Crippen molar-refractivity contribution >= 4 is 28.0 Å². The average molecular weight is 827 g/mol. The van der Waals surface area contributed by atoms with Crippen molar-refractivity contribution in [1.29, 1.82) is 0 Å². The zero-order chi connectivity index (χ0) is 41.6. The summed E-state index contributed by atoms with van der Waals surface area (Å²) in [6.45, 7) is 21.1. The number of amides is 2. The maximum Gasteiger partial charge on any atom is 0.410 e. The molecule has 1 aromatic carbocycles. The quantitative estimate of drug-likeness (QED) is 0.287. The van der Waals surface area contributed by atoms with E-state index in [2.05, 4.69) is 19.8 Å². The first-order valence-electron chi connectivity index (χ1n) is 21.2. The zero-order valence-electron chi connectivity index (χ0n) is 35.5. The van der Waals surface area contributed by atoms with E-state index >= 15 is 0 Å². The summed E-state index contributed by atoms with van der Waals surface area (Å²) in [4.78, 5) is 43.1. The molecule has 2 aromatic rings. The predicted octanol–water partition coefficient (Wildman–Crippen LogP) is 5.86. The normalized spacial score (nSPS) is 22.0. The molecule has 0 bridgehead atoms. The van der Waals surface area contributed by atoms with Gasteiger partial charge in [-0.1, -0.05) is 0 Å². The Morgan fingerprint density at radius 2 is 1.57 bits per heavy atom. The van der Waals surface area contributed by atoms with Crippen molar-refractivity contribution in [2.24, 2.45) is 16.7 Å². The lowest BCUT2D eigenvalue weighted by molar-refractivity contribution is -0.0535. The number of likely N-dealkylation sites (tertiary alicyclic amines) is 2. The SMILES string of the molecule is CC(C)N(C(=O)c1cc(F)ccc1Oc1cncnc1N1CC2(CCN(CC3CCN(S(=O)(=O)N4CCCC5(CN(C(=O)OC(C)(C)C)C5)C4)CC3)CC2)C1)C(C)C. The highest BCUT2D eigenvalue weighted by Crippen LogP contribution is 2.46. The van der Waals surface area contributed by atoms with E-state index < -0.39 is 21.6 Å². The van der Waals surface area contributed by atoms with Crippen molar-refractivity contribution in [2.45, 2.75) is 105 Å². The van der Waals surface area contributed by atoms with Gasteiger partial charge < -0.3 is 29.1 Å². The molecule has 6 heterocycles. The van der Waals surface area contributed by atoms with Gasteiger partial charge in [-0.05, 0) is 124 Å². The van der Waals surface area contributed by atoms with Gasteiger partial charge in [-0.15, -0.1) is 0 Å². The van der Waals surface area contributed by atoms with Crippen molar-refractivity contribution in [2.75, 3.05) is 76.9 Å². The Morgan fingerprint density at radius 3 is 2.21 bits per heavy atom. The largest absolute Gasteiger partial charge is 0.451 e. The molecule has 7 rings (SSSR count). The lowest BCUT2D eigenvalue weighted by atomic mass is 9.72. The van der Waals surface area contributed by atoms with Gasteiger partial charge in [0.05, 0.1) is 11.8 Å². The fourth-order valence-corrected chi connectivity index (χ4v) is 11.6. The number of rotatable bonds is 10. The van der Waals surface area contributed by atoms with Gasteiger partial charge in [0.25, 0.3) is 16.1 Å². The van der Waals surface area contributed by atoms with Crippen LogP contribution < -0.4 is 9.64 Å². The maximum atomic E-state index is 14.5. The summed E-state index contributed by atoms with van der Waals surface area (Å²) >= 11 is 0. The fourth-order valence-electron chi connectivity index (χ4n) is 9.83. The molecule has 0 N–H and O–H groups in total. The van der Waals surface area contributed by atoms with Crippen molar-refractivity contribution in [3.8, 4) is 11.5 Å². The summed E-state index contributed by atoms with van der Waals surface area (Å²) in [5.41, 5.74) is -0.403. The van der Waals surface area contributed by atoms with Crippen LogP contribution in [0.5, 0.6) is 11.5 Å². The van der Waals surface area contributed by atoms with Crippen LogP contribution in [0, 0.1) is 22.6 Å². The van der Waals surface area contributed by atoms with Gasteiger partial charge >= 0.3 is 6.09 Å². The first-order valence-corrected chi connectivity index (χ1v) is 22.6. The van der Waals surface area contributed by atoms with E-state index in [9.17, 15) is 22.4 Å². The lowest BCUT2D eigenvalue weighted by Crippen LogP contribution is -2.66. The highest BCUT2D eigenvalue weighted by molar-refractivity contribution is 7.86. The second-order valence-corrected chi connectivity index (χ2v) is 21.1. The highest BCUT2D eigenvalue weighted by Gasteiger charge is 2.51. The van der Waals surface area contributed by atoms with Gasteiger partial charge in [-0.2, -0.15) is 17.0 Å². The Bertz CT molecular complexity index is 1900. The summed E-state index contributed by atoms with van der Waals surface area (Å²) in [6, 6.07) is 3.88. The van der Waals surface area contributed by atoms with Crippen LogP contribution in [0.25, 0.3) is 0 Å². The van der Waals surface area contributed by atoms with Crippen LogP contribution in [-0.4, -0.2) is 143 Å². The minimum absolute atomic E-state index is 0.0757. The number of aromatic nitrogens is 2. The van der Waals surface area contributed by atoms with Gasteiger partial charge in [-0.3, -0.25) is 4.79 Å². The van der Waals surface area contributed by atoms with E-state index in [1.807, 2.05) is 48.5 Å². The Morgan fingerprint density at radius 1 is 0.897 bits per heavy atom. The molecule has 320 valence electrons. The molecular weight excluding hydrogens is 764 g/mol. The van der Waals surface area contributed by atoms with Gasteiger partial charge in [0.15, 0.2) is 11.6 Å². The number of anilines is 1. The molecular formula is C42H63FN8O6S. The van der Waals surface area contributed by atoms with Gasteiger partial charge in [-0.25, -0.2) is 19.2 Å². The van der Waals surface area contributed by atoms with E-state index in [-0.39, 0.29) is 46.2 Å². The van der Waals surface area contributed by atoms with Crippen LogP contribution in [0.2, 0.25) is 0 Å². The van der Waals surface area contributed by atoms with E-state index in [1.165, 1.54) is 24.5 Å². The van der Waals surface area contributed by atoms with Crippen molar-refractivity contribution in [3.05, 3.63) is 42.1 Å². The molecule has 0 atom stereocenters. The Balaban J connectivity index is 0.877. The average Bonchev–Trinajstić information content (AvgIpc) is 3.13. The summed E-state index contributed by atoms with van der Waals surface area (Å²) in [5.74, 6) is 1.01. The Hall–Kier alpha value is -3.60. The topological polar surface area (TPSA) is 132 Å². The monoisotopic (exact) mass is 826 g/mol. The summed E-state index contributed by atoms with van der Waals surface area (Å²) in [6.07, 6.45) is 8.34. The van der Waals surface area contributed by atoms with Crippen LogP contribution in [-0.2, 0) is 14.9 Å². The molecule has 2 spiro atoms. The number of benzene rings is 1. The van der Waals surface area contributed by atoms with Gasteiger partial charge in [0, 0.05) is 81.8 Å². The molecule has 0 unspecified atom stereocenters. The number of carbonyl (C=O) groups excluding carboxylic acids is 2. The van der Waals surface area contributed by atoms with E-state index in [4.69, 9.17) is 9.47 Å². The van der Waals surface area contributed by atoms with Crippen LogP contribution in [0.4, 0.5) is 15.0 Å².